The maximum atomic E-state index is 11.9. The Morgan fingerprint density at radius 3 is 2.07 bits per heavy atom. The third-order valence-corrected chi connectivity index (χ3v) is 10.3. The van der Waals surface area contributed by atoms with E-state index < -0.39 is 0 Å². The number of phenols is 1. The number of benzene rings is 6. The number of hydrogen-bond donors (Lipinski definition) is 1. The number of aromatic nitrogens is 3. The molecule has 6 aromatic carbocycles. The second-order valence-corrected chi connectivity index (χ2v) is 14.1. The fourth-order valence-electron chi connectivity index (χ4n) is 7.71. The molecule has 272 valence electrons. The smallest absolute Gasteiger partial charge is 0.132 e. The second-order valence-electron chi connectivity index (χ2n) is 14.1. The van der Waals surface area contributed by atoms with E-state index in [1.807, 2.05) is 72.8 Å². The molecule has 0 bridgehead atoms. The van der Waals surface area contributed by atoms with Gasteiger partial charge in [0.05, 0.1) is 11.3 Å². The number of nitrogens with zero attached hydrogens (tertiary/aromatic N) is 3. The van der Waals surface area contributed by atoms with E-state index in [2.05, 4.69) is 115 Å². The molecule has 0 unspecified atom stereocenters. The molecule has 4 heterocycles. The van der Waals surface area contributed by atoms with Gasteiger partial charge in [-0.25, -0.2) is 0 Å². The first-order valence-corrected chi connectivity index (χ1v) is 18.4. The van der Waals surface area contributed by atoms with Gasteiger partial charge in [-0.05, 0) is 71.8 Å². The molecule has 0 saturated heterocycles. The minimum atomic E-state index is 0. The SMILES string of the molecule is Cc1cccc(-c2cc(-c3cccc(-c4cccc(C)c4)c3O)nc(-c3[c-]c(-c4nc5ccccn5c4-c4ccccc4)cc4c3oc3ccccc34)c2)c1.[Pt]. The van der Waals surface area contributed by atoms with Gasteiger partial charge in [0.1, 0.15) is 17.0 Å². The molecule has 0 aliphatic carbocycles. The number of furan rings is 1. The molecule has 1 N–H and O–H groups in total. The molecule has 0 aliphatic heterocycles. The summed E-state index contributed by atoms with van der Waals surface area (Å²) in [6, 6.07) is 57.1. The molecule has 10 aromatic rings. The first kappa shape index (κ1) is 35.2. The zero-order valence-electron chi connectivity index (χ0n) is 30.6. The fourth-order valence-corrected chi connectivity index (χ4v) is 7.71. The van der Waals surface area contributed by atoms with Crippen LogP contribution in [0, 0.1) is 19.9 Å². The van der Waals surface area contributed by atoms with E-state index in [0.29, 0.717) is 28.1 Å². The Morgan fingerprint density at radius 1 is 0.571 bits per heavy atom. The van der Waals surface area contributed by atoms with Crippen molar-refractivity contribution in [2.45, 2.75) is 13.8 Å². The molecular formula is C50H34N3O2Pt-. The number of fused-ring (bicyclic) bond motifs is 4. The van der Waals surface area contributed by atoms with Gasteiger partial charge in [0.2, 0.25) is 0 Å². The van der Waals surface area contributed by atoms with E-state index in [0.717, 1.165) is 77.9 Å². The Morgan fingerprint density at radius 2 is 1.25 bits per heavy atom. The standard InChI is InChI=1S/C50H34N3O2.Pt/c1-31-13-10-17-34(25-31)36-29-43(40-21-12-20-38(49(40)54)35-18-11-14-32(2)26-35)51-44(30-36)42-28-37(27-41-39-19-6-7-22-45(39)55-50(41)42)47-48(33-15-4-3-5-16-33)53-24-9-8-23-46(53)52-47;/h3-27,29-30,54H,1-2H3;/q-1;. The summed E-state index contributed by atoms with van der Waals surface area (Å²) in [5, 5.41) is 13.9. The predicted molar refractivity (Wildman–Crippen MR) is 223 cm³/mol. The van der Waals surface area contributed by atoms with Crippen LogP contribution in [0.5, 0.6) is 5.75 Å². The van der Waals surface area contributed by atoms with Gasteiger partial charge >= 0.3 is 0 Å². The Labute approximate surface area is 338 Å². The van der Waals surface area contributed by atoms with Crippen LogP contribution in [0.2, 0.25) is 0 Å². The molecule has 0 atom stereocenters. The molecule has 0 aliphatic rings. The topological polar surface area (TPSA) is 63.6 Å². The first-order valence-electron chi connectivity index (χ1n) is 18.4. The number of pyridine rings is 2. The van der Waals surface area contributed by atoms with E-state index in [-0.39, 0.29) is 26.8 Å². The second kappa shape index (κ2) is 14.3. The van der Waals surface area contributed by atoms with E-state index in [1.165, 1.54) is 0 Å². The zero-order chi connectivity index (χ0) is 37.0. The monoisotopic (exact) mass is 903 g/mol. The van der Waals surface area contributed by atoms with Crippen molar-refractivity contribution in [3.8, 4) is 73.0 Å². The Hall–Kier alpha value is -6.55. The molecule has 0 amide bonds. The van der Waals surface area contributed by atoms with Crippen LogP contribution >= 0.6 is 0 Å². The molecular weight excluding hydrogens is 870 g/mol. The number of imidazole rings is 1. The van der Waals surface area contributed by atoms with Crippen LogP contribution in [0.15, 0.2) is 168 Å². The number of rotatable bonds is 6. The maximum absolute atomic E-state index is 11.9. The van der Waals surface area contributed by atoms with Gasteiger partial charge in [0.15, 0.2) is 0 Å². The van der Waals surface area contributed by atoms with Gasteiger partial charge in [-0.2, -0.15) is 0 Å². The summed E-state index contributed by atoms with van der Waals surface area (Å²) in [5.74, 6) is 0.178. The summed E-state index contributed by atoms with van der Waals surface area (Å²) in [6.07, 6.45) is 2.05. The number of para-hydroxylation sites is 2. The minimum absolute atomic E-state index is 0. The van der Waals surface area contributed by atoms with Gasteiger partial charge in [-0.15, -0.1) is 12.1 Å². The number of phenolic OH excluding ortho intramolecular Hbond substituents is 1. The first-order chi connectivity index (χ1) is 27.0. The van der Waals surface area contributed by atoms with Crippen molar-refractivity contribution >= 4 is 27.6 Å². The Bertz CT molecular complexity index is 3090. The van der Waals surface area contributed by atoms with Gasteiger partial charge in [0.25, 0.3) is 0 Å². The molecule has 10 rings (SSSR count). The Kier molecular flexibility index (Phi) is 8.96. The van der Waals surface area contributed by atoms with E-state index in [1.54, 1.807) is 0 Å². The van der Waals surface area contributed by atoms with Crippen molar-refractivity contribution in [2.24, 2.45) is 0 Å². The number of aromatic hydroxyl groups is 1. The predicted octanol–water partition coefficient (Wildman–Crippen LogP) is 12.8. The van der Waals surface area contributed by atoms with Crippen LogP contribution in [-0.4, -0.2) is 19.5 Å². The summed E-state index contributed by atoms with van der Waals surface area (Å²) >= 11 is 0. The summed E-state index contributed by atoms with van der Waals surface area (Å²) < 4.78 is 8.81. The van der Waals surface area contributed by atoms with Gasteiger partial charge in [-0.3, -0.25) is 9.97 Å². The summed E-state index contributed by atoms with van der Waals surface area (Å²) in [4.78, 5) is 10.5. The minimum Gasteiger partial charge on any atom is -0.507 e. The van der Waals surface area contributed by atoms with Crippen molar-refractivity contribution < 1.29 is 30.6 Å². The van der Waals surface area contributed by atoms with Crippen LogP contribution in [0.3, 0.4) is 0 Å². The third kappa shape index (κ3) is 6.11. The number of aryl methyl sites for hydroxylation is 2. The maximum Gasteiger partial charge on any atom is 0.132 e. The molecule has 56 heavy (non-hydrogen) atoms. The van der Waals surface area contributed by atoms with Crippen molar-refractivity contribution in [2.75, 3.05) is 0 Å². The molecule has 0 saturated carbocycles. The third-order valence-electron chi connectivity index (χ3n) is 10.3. The molecule has 0 spiro atoms. The molecule has 0 radical (unpaired) electrons. The molecule has 0 fully saturated rings. The normalized spacial score (nSPS) is 11.3. The van der Waals surface area contributed by atoms with Crippen molar-refractivity contribution in [1.82, 2.24) is 14.4 Å². The molecule has 6 heteroatoms. The Balaban J connectivity index is 0.00000410. The average Bonchev–Trinajstić information content (AvgIpc) is 3.80. The fraction of sp³-hybridized carbons (Fsp3) is 0.0400. The largest absolute Gasteiger partial charge is 0.507 e. The van der Waals surface area contributed by atoms with Crippen LogP contribution in [0.25, 0.3) is 94.9 Å². The zero-order valence-corrected chi connectivity index (χ0v) is 32.9. The summed E-state index contributed by atoms with van der Waals surface area (Å²) in [5.41, 5.74) is 14.6. The van der Waals surface area contributed by atoms with Gasteiger partial charge < -0.3 is 13.9 Å². The van der Waals surface area contributed by atoms with Gasteiger partial charge in [0, 0.05) is 60.9 Å². The van der Waals surface area contributed by atoms with Crippen LogP contribution < -0.4 is 0 Å². The van der Waals surface area contributed by atoms with E-state index >= 15 is 0 Å². The van der Waals surface area contributed by atoms with Crippen LogP contribution in [0.1, 0.15) is 11.1 Å². The van der Waals surface area contributed by atoms with E-state index in [9.17, 15) is 5.11 Å². The van der Waals surface area contributed by atoms with Crippen LogP contribution in [0.4, 0.5) is 0 Å². The van der Waals surface area contributed by atoms with Crippen molar-refractivity contribution in [3.63, 3.8) is 0 Å². The summed E-state index contributed by atoms with van der Waals surface area (Å²) in [7, 11) is 0. The van der Waals surface area contributed by atoms with Crippen molar-refractivity contribution in [1.29, 1.82) is 0 Å². The van der Waals surface area contributed by atoms with Crippen molar-refractivity contribution in [3.05, 3.63) is 181 Å². The number of hydrogen-bond acceptors (Lipinski definition) is 4. The molecule has 4 aromatic heterocycles. The quantitative estimate of drug-likeness (QED) is 0.169. The molecule has 5 nitrogen and oxygen atoms in total. The van der Waals surface area contributed by atoms with E-state index in [4.69, 9.17) is 14.4 Å². The van der Waals surface area contributed by atoms with Crippen LogP contribution in [-0.2, 0) is 21.1 Å². The average molecular weight is 904 g/mol. The van der Waals surface area contributed by atoms with Gasteiger partial charge in [-0.1, -0.05) is 144 Å². The summed E-state index contributed by atoms with van der Waals surface area (Å²) in [6.45, 7) is 4.15.